The lowest BCUT2D eigenvalue weighted by Gasteiger charge is -2.09. The fourth-order valence-corrected chi connectivity index (χ4v) is 3.39. The van der Waals surface area contributed by atoms with Gasteiger partial charge in [-0.05, 0) is 22.6 Å². The molecule has 0 saturated heterocycles. The van der Waals surface area contributed by atoms with Crippen LogP contribution in [0.3, 0.4) is 0 Å². The molecule has 0 aliphatic carbocycles. The number of ether oxygens (including phenoxy) is 3. The molecule has 29 heavy (non-hydrogen) atoms. The summed E-state index contributed by atoms with van der Waals surface area (Å²) in [5, 5.41) is 20.2. The van der Waals surface area contributed by atoms with Crippen molar-refractivity contribution >= 4 is 0 Å². The molecule has 0 spiro atoms. The fourth-order valence-electron chi connectivity index (χ4n) is 3.39. The van der Waals surface area contributed by atoms with Gasteiger partial charge in [-0.1, -0.05) is 29.5 Å². The number of methoxy groups -OCH3 is 1. The van der Waals surface area contributed by atoms with Crippen LogP contribution in [0.5, 0.6) is 17.2 Å². The summed E-state index contributed by atoms with van der Waals surface area (Å²) < 4.78 is 19.9. The molecule has 2 aromatic heterocycles. The van der Waals surface area contributed by atoms with Gasteiger partial charge >= 0.3 is 0 Å². The zero-order valence-corrected chi connectivity index (χ0v) is 16.0. The molecule has 3 heterocycles. The largest absolute Gasteiger partial charge is 0.493 e. The van der Waals surface area contributed by atoms with Crippen molar-refractivity contribution in [3.8, 4) is 51.2 Å². The lowest BCUT2D eigenvalue weighted by molar-refractivity contribution is 0.171. The van der Waals surface area contributed by atoms with E-state index in [-0.39, 0.29) is 6.79 Å². The second-order valence-electron chi connectivity index (χ2n) is 6.53. The van der Waals surface area contributed by atoms with E-state index < -0.39 is 0 Å². The van der Waals surface area contributed by atoms with Crippen LogP contribution < -0.4 is 14.2 Å². The third kappa shape index (κ3) is 2.76. The van der Waals surface area contributed by atoms with Gasteiger partial charge in [-0.3, -0.25) is 0 Å². The second kappa shape index (κ2) is 6.59. The summed E-state index contributed by atoms with van der Waals surface area (Å²) >= 11 is 0. The summed E-state index contributed by atoms with van der Waals surface area (Å²) in [6.07, 6.45) is 0. The monoisotopic (exact) mass is 391 g/mol. The van der Waals surface area contributed by atoms with Crippen LogP contribution in [0.25, 0.3) is 33.9 Å². The number of benzene rings is 2. The van der Waals surface area contributed by atoms with E-state index in [1.54, 1.807) is 23.5 Å². The molecule has 5 rings (SSSR count). The summed E-state index contributed by atoms with van der Waals surface area (Å²) in [6, 6.07) is 11.7. The van der Waals surface area contributed by atoms with Gasteiger partial charge in [0.2, 0.25) is 12.5 Å². The van der Waals surface area contributed by atoms with E-state index in [0.29, 0.717) is 23.1 Å². The molecule has 0 radical (unpaired) electrons. The predicted molar refractivity (Wildman–Crippen MR) is 102 cm³/mol. The van der Waals surface area contributed by atoms with Gasteiger partial charge < -0.3 is 14.2 Å². The van der Waals surface area contributed by atoms with Crippen molar-refractivity contribution in [2.75, 3.05) is 13.9 Å². The molecule has 0 bridgehead atoms. The average molecular weight is 391 g/mol. The van der Waals surface area contributed by atoms with E-state index in [1.807, 2.05) is 43.4 Å². The van der Waals surface area contributed by atoms with Gasteiger partial charge in [0.15, 0.2) is 17.3 Å². The Labute approximate surface area is 165 Å². The number of aryl methyl sites for hydroxylation is 2. The molecule has 4 aromatic rings. The third-order valence-electron chi connectivity index (χ3n) is 4.80. The Morgan fingerprint density at radius 1 is 0.897 bits per heavy atom. The molecule has 0 unspecified atom stereocenters. The van der Waals surface area contributed by atoms with Gasteiger partial charge in [-0.25, -0.2) is 9.36 Å². The molecule has 10 nitrogen and oxygen atoms in total. The van der Waals surface area contributed by atoms with Gasteiger partial charge in [0, 0.05) is 30.8 Å². The van der Waals surface area contributed by atoms with Crippen LogP contribution >= 0.6 is 0 Å². The number of rotatable bonds is 4. The Kier molecular flexibility index (Phi) is 3.90. The molecular weight excluding hydrogens is 374 g/mol. The maximum Gasteiger partial charge on any atom is 0.231 e. The highest BCUT2D eigenvalue weighted by Gasteiger charge is 2.23. The number of hydrogen-bond donors (Lipinski definition) is 0. The van der Waals surface area contributed by atoms with Crippen LogP contribution in [0.4, 0.5) is 0 Å². The zero-order chi connectivity index (χ0) is 20.0. The summed E-state index contributed by atoms with van der Waals surface area (Å²) in [5.41, 5.74) is 4.30. The first-order valence-corrected chi connectivity index (χ1v) is 8.86. The third-order valence-corrected chi connectivity index (χ3v) is 4.80. The number of nitrogens with zero attached hydrogens (tertiary/aromatic N) is 7. The summed E-state index contributed by atoms with van der Waals surface area (Å²) in [7, 11) is 5.26. The number of hydrogen-bond acceptors (Lipinski definition) is 8. The molecule has 1 aliphatic heterocycles. The van der Waals surface area contributed by atoms with E-state index in [9.17, 15) is 0 Å². The number of aromatic nitrogens is 7. The molecule has 0 saturated carbocycles. The van der Waals surface area contributed by atoms with Crippen LogP contribution in [0.15, 0.2) is 36.4 Å². The SMILES string of the molecule is COc1cc(-c2nnn(C)c2-c2ccc(-c3nnnn3C)cc2)cc2c1OCO2. The lowest BCUT2D eigenvalue weighted by Crippen LogP contribution is -1.96. The Morgan fingerprint density at radius 3 is 2.41 bits per heavy atom. The van der Waals surface area contributed by atoms with Crippen LogP contribution in [0.2, 0.25) is 0 Å². The molecule has 10 heteroatoms. The first kappa shape index (κ1) is 17.2. The standard InChI is InChI=1S/C19H17N7O3/c1-25-17(11-4-6-12(7-5-11)19-21-22-24-26(19)2)16(20-23-25)13-8-14(27-3)18-15(9-13)28-10-29-18/h4-9H,10H2,1-3H3. The normalized spacial score (nSPS) is 12.4. The number of tetrazole rings is 1. The van der Waals surface area contributed by atoms with Crippen molar-refractivity contribution < 1.29 is 14.2 Å². The second-order valence-corrected chi connectivity index (χ2v) is 6.53. The van der Waals surface area contributed by atoms with Crippen molar-refractivity contribution in [2.24, 2.45) is 14.1 Å². The Balaban J connectivity index is 1.59. The highest BCUT2D eigenvalue weighted by atomic mass is 16.7. The quantitative estimate of drug-likeness (QED) is 0.521. The Hall–Kier alpha value is -3.95. The number of fused-ring (bicyclic) bond motifs is 1. The van der Waals surface area contributed by atoms with Crippen molar-refractivity contribution in [1.29, 1.82) is 0 Å². The Morgan fingerprint density at radius 2 is 1.69 bits per heavy atom. The van der Waals surface area contributed by atoms with Gasteiger partial charge in [0.25, 0.3) is 0 Å². The van der Waals surface area contributed by atoms with Gasteiger partial charge in [0.1, 0.15) is 5.69 Å². The first-order chi connectivity index (χ1) is 14.2. The summed E-state index contributed by atoms with van der Waals surface area (Å²) in [5.74, 6) is 2.52. The molecule has 0 atom stereocenters. The van der Waals surface area contributed by atoms with E-state index in [0.717, 1.165) is 28.1 Å². The zero-order valence-electron chi connectivity index (χ0n) is 16.0. The smallest absolute Gasteiger partial charge is 0.231 e. The maximum absolute atomic E-state index is 5.55. The lowest BCUT2D eigenvalue weighted by atomic mass is 10.0. The van der Waals surface area contributed by atoms with Crippen molar-refractivity contribution in [2.45, 2.75) is 0 Å². The molecule has 0 N–H and O–H groups in total. The van der Waals surface area contributed by atoms with Crippen molar-refractivity contribution in [1.82, 2.24) is 35.2 Å². The van der Waals surface area contributed by atoms with Crippen LogP contribution in [-0.4, -0.2) is 49.1 Å². The van der Waals surface area contributed by atoms with Gasteiger partial charge in [0.05, 0.1) is 12.8 Å². The topological polar surface area (TPSA) is 102 Å². The Bertz CT molecular complexity index is 1200. The predicted octanol–water partition coefficient (Wildman–Crippen LogP) is 2.08. The molecule has 0 amide bonds. The molecule has 1 aliphatic rings. The summed E-state index contributed by atoms with van der Waals surface area (Å²) in [4.78, 5) is 0. The van der Waals surface area contributed by atoms with Crippen molar-refractivity contribution in [3.05, 3.63) is 36.4 Å². The minimum atomic E-state index is 0.167. The van der Waals surface area contributed by atoms with E-state index in [1.165, 1.54) is 0 Å². The maximum atomic E-state index is 5.55. The van der Waals surface area contributed by atoms with E-state index >= 15 is 0 Å². The molecular formula is C19H17N7O3. The average Bonchev–Trinajstić information content (AvgIpc) is 3.47. The van der Waals surface area contributed by atoms with Crippen LogP contribution in [-0.2, 0) is 14.1 Å². The van der Waals surface area contributed by atoms with E-state index in [2.05, 4.69) is 25.8 Å². The minimum Gasteiger partial charge on any atom is -0.493 e. The minimum absolute atomic E-state index is 0.167. The van der Waals surface area contributed by atoms with Crippen LogP contribution in [0.1, 0.15) is 0 Å². The van der Waals surface area contributed by atoms with Crippen LogP contribution in [0, 0.1) is 0 Å². The van der Waals surface area contributed by atoms with E-state index in [4.69, 9.17) is 14.2 Å². The molecule has 2 aromatic carbocycles. The highest BCUT2D eigenvalue weighted by Crippen LogP contribution is 2.45. The summed E-state index contributed by atoms with van der Waals surface area (Å²) in [6.45, 7) is 0.167. The molecule has 146 valence electrons. The van der Waals surface area contributed by atoms with Gasteiger partial charge in [-0.15, -0.1) is 10.2 Å². The van der Waals surface area contributed by atoms with Gasteiger partial charge in [-0.2, -0.15) is 0 Å². The fraction of sp³-hybridized carbons (Fsp3) is 0.211. The van der Waals surface area contributed by atoms with Crippen molar-refractivity contribution in [3.63, 3.8) is 0 Å². The highest BCUT2D eigenvalue weighted by molar-refractivity contribution is 5.81. The first-order valence-electron chi connectivity index (χ1n) is 8.86. The molecule has 0 fully saturated rings.